The minimum atomic E-state index is -4.86. The number of nitrogens with two attached hydrogens (primary N) is 1. The van der Waals surface area contributed by atoms with Gasteiger partial charge in [0.1, 0.15) is 17.6 Å². The summed E-state index contributed by atoms with van der Waals surface area (Å²) in [6.07, 6.45) is 0.571. The van der Waals surface area contributed by atoms with Crippen LogP contribution in [-0.4, -0.2) is 66.6 Å². The third kappa shape index (κ3) is 13.9. The second-order valence-corrected chi connectivity index (χ2v) is 9.11. The maximum absolute atomic E-state index is 13.5. The minimum Gasteiger partial charge on any atom is -0.480 e. The van der Waals surface area contributed by atoms with E-state index in [0.717, 1.165) is 50.9 Å². The fourth-order valence-corrected chi connectivity index (χ4v) is 3.05. The summed E-state index contributed by atoms with van der Waals surface area (Å²) in [5.74, 6) is -2.42. The van der Waals surface area contributed by atoms with Gasteiger partial charge in [0.25, 0.3) is 0 Å². The van der Waals surface area contributed by atoms with Crippen molar-refractivity contribution in [2.24, 2.45) is 11.7 Å². The molecule has 1 aliphatic carbocycles. The van der Waals surface area contributed by atoms with E-state index < -0.39 is 36.0 Å². The number of alkyl halides is 3. The summed E-state index contributed by atoms with van der Waals surface area (Å²) in [6, 6.07) is 1.85. The zero-order valence-corrected chi connectivity index (χ0v) is 21.7. The molecule has 3 rings (SSSR count). The first-order valence-corrected chi connectivity index (χ1v) is 12.3. The first kappa shape index (κ1) is 32.7. The Morgan fingerprint density at radius 3 is 2.18 bits per heavy atom. The van der Waals surface area contributed by atoms with Crippen LogP contribution in [0.15, 0.2) is 18.2 Å². The number of likely N-dealkylation sites (tertiary alicyclic amines) is 1. The highest BCUT2D eigenvalue weighted by atomic mass is 19.4. The predicted molar refractivity (Wildman–Crippen MR) is 132 cm³/mol. The Kier molecular flexibility index (Phi) is 13.7. The molecule has 1 saturated heterocycles. The molecule has 1 heterocycles. The molecule has 10 nitrogen and oxygen atoms in total. The van der Waals surface area contributed by atoms with Crippen molar-refractivity contribution in [2.75, 3.05) is 20.1 Å². The number of piperidine rings is 1. The molecule has 0 bridgehead atoms. The fourth-order valence-electron chi connectivity index (χ4n) is 3.05. The summed E-state index contributed by atoms with van der Waals surface area (Å²) in [4.78, 5) is 34.2. The standard InChI is InChI=1S/C12H12F4N2O2.C7H14N2O.C5H11NO2/c13-10-5-9(20-12(14,15)16)4-1-7(10)6-17-11(19)18-8-2-3-8;1-8-7(10)9-5-3-2-4-6-9;1-3(2)4(6)5(7)8/h1,4-5,8H,2-3,6H2,(H2,17,18,19);2-6H2,1H3,(H,8,10);3-4H,6H2,1-2H3,(H,7,8). The second-order valence-electron chi connectivity index (χ2n) is 9.11. The van der Waals surface area contributed by atoms with Crippen LogP contribution in [0.3, 0.4) is 0 Å². The molecule has 1 aliphatic heterocycles. The molecule has 1 atom stereocenters. The summed E-state index contributed by atoms with van der Waals surface area (Å²) in [7, 11) is 1.68. The van der Waals surface area contributed by atoms with Crippen LogP contribution in [-0.2, 0) is 11.3 Å². The quantitative estimate of drug-likeness (QED) is 0.342. The van der Waals surface area contributed by atoms with Gasteiger partial charge in [-0.2, -0.15) is 0 Å². The molecule has 216 valence electrons. The Balaban J connectivity index is 0.000000334. The van der Waals surface area contributed by atoms with Crippen molar-refractivity contribution in [1.29, 1.82) is 0 Å². The zero-order chi connectivity index (χ0) is 28.9. The molecule has 38 heavy (non-hydrogen) atoms. The Morgan fingerprint density at radius 1 is 1.16 bits per heavy atom. The van der Waals surface area contributed by atoms with E-state index in [2.05, 4.69) is 20.7 Å². The Hall–Kier alpha value is -3.29. The summed E-state index contributed by atoms with van der Waals surface area (Å²) in [5.41, 5.74) is 5.23. The van der Waals surface area contributed by atoms with E-state index in [9.17, 15) is 31.9 Å². The van der Waals surface area contributed by atoms with Gasteiger partial charge in [0.2, 0.25) is 0 Å². The number of hydrogen-bond donors (Lipinski definition) is 5. The van der Waals surface area contributed by atoms with Crippen molar-refractivity contribution in [3.63, 3.8) is 0 Å². The van der Waals surface area contributed by atoms with Crippen LogP contribution in [0.25, 0.3) is 0 Å². The van der Waals surface area contributed by atoms with Gasteiger partial charge >= 0.3 is 24.4 Å². The number of halogens is 4. The fraction of sp³-hybridized carbons (Fsp3) is 0.625. The summed E-state index contributed by atoms with van der Waals surface area (Å²) in [6.45, 7) is 5.30. The van der Waals surface area contributed by atoms with E-state index in [4.69, 9.17) is 10.8 Å². The number of benzene rings is 1. The topological polar surface area (TPSA) is 146 Å². The van der Waals surface area contributed by atoms with E-state index >= 15 is 0 Å². The van der Waals surface area contributed by atoms with Crippen molar-refractivity contribution in [3.05, 3.63) is 29.6 Å². The van der Waals surface area contributed by atoms with Gasteiger partial charge in [-0.05, 0) is 44.1 Å². The Bertz CT molecular complexity index is 907. The highest BCUT2D eigenvalue weighted by Gasteiger charge is 2.31. The molecule has 2 fully saturated rings. The van der Waals surface area contributed by atoms with E-state index in [1.54, 1.807) is 20.9 Å². The van der Waals surface area contributed by atoms with Crippen molar-refractivity contribution < 1.29 is 41.8 Å². The number of amides is 4. The zero-order valence-electron chi connectivity index (χ0n) is 21.7. The predicted octanol–water partition coefficient (Wildman–Crippen LogP) is 3.55. The van der Waals surface area contributed by atoms with E-state index in [0.29, 0.717) is 6.07 Å². The van der Waals surface area contributed by atoms with Gasteiger partial charge < -0.3 is 36.4 Å². The second kappa shape index (κ2) is 15.8. The van der Waals surface area contributed by atoms with Crippen molar-refractivity contribution in [2.45, 2.75) is 70.9 Å². The minimum absolute atomic E-state index is 0.0208. The number of nitrogens with zero attached hydrogens (tertiary/aromatic N) is 1. The summed E-state index contributed by atoms with van der Waals surface area (Å²) >= 11 is 0. The number of carbonyl (C=O) groups is 3. The molecule has 1 aromatic rings. The third-order valence-corrected chi connectivity index (χ3v) is 5.47. The number of carbonyl (C=O) groups excluding carboxylic acids is 2. The van der Waals surface area contributed by atoms with Crippen LogP contribution in [0.5, 0.6) is 5.75 Å². The number of carboxylic acids is 1. The molecule has 4 amide bonds. The number of urea groups is 2. The molecule has 2 aliphatic rings. The van der Waals surface area contributed by atoms with E-state index in [1.807, 2.05) is 4.90 Å². The number of rotatable bonds is 6. The van der Waals surface area contributed by atoms with E-state index in [-0.39, 0.29) is 30.1 Å². The number of aliphatic carboxylic acids is 1. The molecule has 0 spiro atoms. The lowest BCUT2D eigenvalue weighted by Crippen LogP contribution is -2.41. The smallest absolute Gasteiger partial charge is 0.480 e. The highest BCUT2D eigenvalue weighted by Crippen LogP contribution is 2.24. The highest BCUT2D eigenvalue weighted by molar-refractivity contribution is 5.74. The molecular weight excluding hydrogens is 514 g/mol. The normalized spacial score (nSPS) is 15.7. The summed E-state index contributed by atoms with van der Waals surface area (Å²) < 4.78 is 53.0. The Morgan fingerprint density at radius 2 is 1.76 bits per heavy atom. The van der Waals surface area contributed by atoms with Gasteiger partial charge in [0.15, 0.2) is 0 Å². The lowest BCUT2D eigenvalue weighted by atomic mass is 10.1. The largest absolute Gasteiger partial charge is 0.573 e. The van der Waals surface area contributed by atoms with Crippen molar-refractivity contribution in [1.82, 2.24) is 20.9 Å². The number of nitrogens with one attached hydrogen (secondary N) is 3. The van der Waals surface area contributed by atoms with Crippen LogP contribution in [0.1, 0.15) is 51.5 Å². The average Bonchev–Trinajstić information content (AvgIpc) is 3.66. The van der Waals surface area contributed by atoms with Crippen LogP contribution in [0.4, 0.5) is 27.2 Å². The molecule has 0 radical (unpaired) electrons. The molecule has 1 saturated carbocycles. The van der Waals surface area contributed by atoms with Gasteiger partial charge in [0.05, 0.1) is 0 Å². The Labute approximate surface area is 219 Å². The van der Waals surface area contributed by atoms with Gasteiger partial charge in [-0.15, -0.1) is 13.2 Å². The van der Waals surface area contributed by atoms with Gasteiger partial charge in [-0.3, -0.25) is 4.79 Å². The molecule has 6 N–H and O–H groups in total. The van der Waals surface area contributed by atoms with E-state index in [1.165, 1.54) is 6.42 Å². The van der Waals surface area contributed by atoms with Crippen LogP contribution in [0, 0.1) is 11.7 Å². The molecular formula is C24H37F4N5O5. The van der Waals surface area contributed by atoms with Crippen molar-refractivity contribution in [3.8, 4) is 5.75 Å². The third-order valence-electron chi connectivity index (χ3n) is 5.47. The summed E-state index contributed by atoms with van der Waals surface area (Å²) in [5, 5.41) is 15.9. The lowest BCUT2D eigenvalue weighted by Gasteiger charge is -2.25. The monoisotopic (exact) mass is 551 g/mol. The first-order chi connectivity index (χ1) is 17.7. The SMILES string of the molecule is CC(C)C(N)C(=O)O.CNC(=O)N1CCCCC1.O=C(NCc1ccc(OC(F)(F)F)cc1F)NC1CC1. The number of ether oxygens (including phenoxy) is 1. The molecule has 1 aromatic carbocycles. The van der Waals surface area contributed by atoms with Gasteiger partial charge in [0, 0.05) is 44.4 Å². The van der Waals surface area contributed by atoms with Crippen LogP contribution in [0.2, 0.25) is 0 Å². The van der Waals surface area contributed by atoms with Gasteiger partial charge in [-0.1, -0.05) is 19.9 Å². The first-order valence-electron chi connectivity index (χ1n) is 12.3. The van der Waals surface area contributed by atoms with Crippen molar-refractivity contribution >= 4 is 18.0 Å². The number of hydrogen-bond acceptors (Lipinski definition) is 5. The molecule has 0 aromatic heterocycles. The number of carboxylic acid groups (broad SMARTS) is 1. The molecule has 1 unspecified atom stereocenters. The van der Waals surface area contributed by atoms with Crippen LogP contribution >= 0.6 is 0 Å². The molecule has 14 heteroatoms. The average molecular weight is 552 g/mol. The lowest BCUT2D eigenvalue weighted by molar-refractivity contribution is -0.274. The van der Waals surface area contributed by atoms with Gasteiger partial charge in [-0.25, -0.2) is 14.0 Å². The van der Waals surface area contributed by atoms with Crippen LogP contribution < -0.4 is 26.4 Å². The maximum Gasteiger partial charge on any atom is 0.573 e. The maximum atomic E-state index is 13.5.